The normalized spacial score (nSPS) is 12.5. The first kappa shape index (κ1) is 14.5. The smallest absolute Gasteiger partial charge is 0.231 e. The second kappa shape index (κ2) is 6.15. The number of hydrogen-bond donors (Lipinski definition) is 2. The first-order valence-corrected chi connectivity index (χ1v) is 7.34. The Morgan fingerprint density at radius 2 is 1.95 bits per heavy atom. The summed E-state index contributed by atoms with van der Waals surface area (Å²) in [4.78, 5) is 8.43. The molecule has 22 heavy (non-hydrogen) atoms. The summed E-state index contributed by atoms with van der Waals surface area (Å²) in [7, 11) is 0. The molecule has 0 spiro atoms. The predicted molar refractivity (Wildman–Crippen MR) is 85.8 cm³/mol. The first-order chi connectivity index (χ1) is 10.7. The van der Waals surface area contributed by atoms with Crippen molar-refractivity contribution in [3.8, 4) is 0 Å². The van der Waals surface area contributed by atoms with Gasteiger partial charge in [0.2, 0.25) is 5.71 Å². The Balaban J connectivity index is 1.70. The van der Waals surface area contributed by atoms with E-state index in [1.807, 2.05) is 44.2 Å². The quantitative estimate of drug-likeness (QED) is 0.755. The number of nitrogens with zero attached hydrogens (tertiary/aromatic N) is 2. The Kier molecular flexibility index (Phi) is 4.06. The highest BCUT2D eigenvalue weighted by molar-refractivity contribution is 5.89. The highest BCUT2D eigenvalue weighted by Crippen LogP contribution is 2.28. The van der Waals surface area contributed by atoms with E-state index in [0.717, 1.165) is 28.1 Å². The van der Waals surface area contributed by atoms with Gasteiger partial charge in [0.25, 0.3) is 0 Å². The summed E-state index contributed by atoms with van der Waals surface area (Å²) in [5.41, 5.74) is 2.56. The number of furan rings is 1. The summed E-state index contributed by atoms with van der Waals surface area (Å²) in [5.74, 6) is 1.60. The Hall–Kier alpha value is -2.40. The largest absolute Gasteiger partial charge is 0.443 e. The maximum Gasteiger partial charge on any atom is 0.231 e. The van der Waals surface area contributed by atoms with Gasteiger partial charge in [0.15, 0.2) is 0 Å². The lowest BCUT2D eigenvalue weighted by molar-refractivity contribution is 0.171. The number of benzene rings is 1. The molecule has 2 heterocycles. The Morgan fingerprint density at radius 1 is 1.18 bits per heavy atom. The van der Waals surface area contributed by atoms with Crippen LogP contribution in [0.15, 0.2) is 41.1 Å². The van der Waals surface area contributed by atoms with Crippen molar-refractivity contribution < 1.29 is 9.52 Å². The molecular formula is C17H19N3O2. The first-order valence-electron chi connectivity index (χ1n) is 7.34. The molecule has 2 aromatic heterocycles. The molecule has 0 saturated carbocycles. The van der Waals surface area contributed by atoms with E-state index in [4.69, 9.17) is 4.42 Å². The third-order valence-corrected chi connectivity index (χ3v) is 3.86. The van der Waals surface area contributed by atoms with Gasteiger partial charge in [-0.15, -0.1) is 0 Å². The Morgan fingerprint density at radius 3 is 2.73 bits per heavy atom. The lowest BCUT2D eigenvalue weighted by atomic mass is 10.1. The zero-order valence-electron chi connectivity index (χ0n) is 12.7. The van der Waals surface area contributed by atoms with Crippen LogP contribution in [0.4, 0.5) is 5.82 Å². The van der Waals surface area contributed by atoms with Gasteiger partial charge in [-0.05, 0) is 25.8 Å². The molecule has 0 saturated heterocycles. The minimum atomic E-state index is -0.488. The van der Waals surface area contributed by atoms with E-state index in [1.165, 1.54) is 6.33 Å². The van der Waals surface area contributed by atoms with Crippen molar-refractivity contribution in [1.82, 2.24) is 9.97 Å². The zero-order valence-corrected chi connectivity index (χ0v) is 12.7. The molecule has 5 nitrogen and oxygen atoms in total. The number of nitrogens with one attached hydrogen (secondary N) is 1. The molecule has 1 aromatic carbocycles. The van der Waals surface area contributed by atoms with Gasteiger partial charge in [0.1, 0.15) is 17.9 Å². The number of fused-ring (bicyclic) bond motifs is 1. The Bertz CT molecular complexity index is 768. The highest BCUT2D eigenvalue weighted by atomic mass is 16.3. The van der Waals surface area contributed by atoms with Gasteiger partial charge in [-0.1, -0.05) is 30.3 Å². The van der Waals surface area contributed by atoms with Crippen molar-refractivity contribution in [3.05, 3.63) is 53.5 Å². The molecule has 3 aromatic rings. The summed E-state index contributed by atoms with van der Waals surface area (Å²) < 4.78 is 5.60. The molecule has 0 aliphatic carbocycles. The molecule has 1 unspecified atom stereocenters. The highest BCUT2D eigenvalue weighted by Gasteiger charge is 2.14. The van der Waals surface area contributed by atoms with Crippen molar-refractivity contribution >= 4 is 16.9 Å². The molecule has 5 heteroatoms. The topological polar surface area (TPSA) is 71.2 Å². The summed E-state index contributed by atoms with van der Waals surface area (Å²) in [6, 6.07) is 9.65. The van der Waals surface area contributed by atoms with Crippen LogP contribution in [0, 0.1) is 13.8 Å². The van der Waals surface area contributed by atoms with Crippen LogP contribution in [-0.4, -0.2) is 21.6 Å². The molecule has 0 fully saturated rings. The van der Waals surface area contributed by atoms with Crippen molar-refractivity contribution in [3.63, 3.8) is 0 Å². The molecule has 0 bridgehead atoms. The monoisotopic (exact) mass is 297 g/mol. The van der Waals surface area contributed by atoms with E-state index in [2.05, 4.69) is 15.3 Å². The third kappa shape index (κ3) is 2.80. The van der Waals surface area contributed by atoms with Gasteiger partial charge in [-0.25, -0.2) is 9.97 Å². The van der Waals surface area contributed by atoms with Gasteiger partial charge >= 0.3 is 0 Å². The maximum atomic E-state index is 10.2. The van der Waals surface area contributed by atoms with E-state index < -0.39 is 6.10 Å². The average molecular weight is 297 g/mol. The summed E-state index contributed by atoms with van der Waals surface area (Å²) in [6.07, 6.45) is 1.60. The van der Waals surface area contributed by atoms with E-state index in [9.17, 15) is 5.11 Å². The van der Waals surface area contributed by atoms with E-state index in [1.54, 1.807) is 0 Å². The van der Waals surface area contributed by atoms with Crippen LogP contribution in [0.5, 0.6) is 0 Å². The van der Waals surface area contributed by atoms with Crippen LogP contribution >= 0.6 is 0 Å². The van der Waals surface area contributed by atoms with E-state index >= 15 is 0 Å². The number of aryl methyl sites for hydroxylation is 2. The number of hydrogen-bond acceptors (Lipinski definition) is 5. The van der Waals surface area contributed by atoms with Crippen molar-refractivity contribution in [2.45, 2.75) is 26.4 Å². The van der Waals surface area contributed by atoms with Crippen LogP contribution < -0.4 is 5.32 Å². The van der Waals surface area contributed by atoms with Gasteiger partial charge in [-0.2, -0.15) is 0 Å². The van der Waals surface area contributed by atoms with E-state index in [-0.39, 0.29) is 0 Å². The SMILES string of the molecule is Cc1oc2ncnc(NCCC(O)c3ccccc3)c2c1C. The minimum Gasteiger partial charge on any atom is -0.443 e. The Labute approximate surface area is 129 Å². The maximum absolute atomic E-state index is 10.2. The van der Waals surface area contributed by atoms with Crippen LogP contribution in [0.1, 0.15) is 29.4 Å². The molecule has 114 valence electrons. The molecule has 0 aliphatic heterocycles. The summed E-state index contributed by atoms with van der Waals surface area (Å²) in [5, 5.41) is 14.4. The third-order valence-electron chi connectivity index (χ3n) is 3.86. The number of anilines is 1. The lowest BCUT2D eigenvalue weighted by Gasteiger charge is -2.12. The van der Waals surface area contributed by atoms with E-state index in [0.29, 0.717) is 18.7 Å². The van der Waals surface area contributed by atoms with Crippen LogP contribution in [0.3, 0.4) is 0 Å². The van der Waals surface area contributed by atoms with Crippen molar-refractivity contribution in [1.29, 1.82) is 0 Å². The van der Waals surface area contributed by atoms with Crippen LogP contribution in [0.2, 0.25) is 0 Å². The molecule has 3 rings (SSSR count). The standard InChI is InChI=1S/C17H19N3O2/c1-11-12(2)22-17-15(11)16(19-10-20-17)18-9-8-14(21)13-6-4-3-5-7-13/h3-7,10,14,21H,8-9H2,1-2H3,(H,18,19,20). The van der Waals surface area contributed by atoms with Gasteiger partial charge in [-0.3, -0.25) is 0 Å². The molecule has 0 amide bonds. The summed E-state index contributed by atoms with van der Waals surface area (Å²) >= 11 is 0. The number of aliphatic hydroxyl groups is 1. The van der Waals surface area contributed by atoms with Crippen molar-refractivity contribution in [2.75, 3.05) is 11.9 Å². The molecule has 1 atom stereocenters. The summed E-state index contributed by atoms with van der Waals surface area (Å²) in [6.45, 7) is 4.53. The number of aliphatic hydroxyl groups excluding tert-OH is 1. The second-order valence-electron chi connectivity index (χ2n) is 5.33. The fraction of sp³-hybridized carbons (Fsp3) is 0.294. The molecule has 0 radical (unpaired) electrons. The van der Waals surface area contributed by atoms with Crippen LogP contribution in [-0.2, 0) is 0 Å². The number of rotatable bonds is 5. The predicted octanol–water partition coefficient (Wildman–Crippen LogP) is 3.38. The average Bonchev–Trinajstić information content (AvgIpc) is 2.84. The fourth-order valence-electron chi connectivity index (χ4n) is 2.49. The minimum absolute atomic E-state index is 0.488. The molecule has 0 aliphatic rings. The molecule has 2 N–H and O–H groups in total. The van der Waals surface area contributed by atoms with Gasteiger partial charge in [0, 0.05) is 12.1 Å². The number of aromatic nitrogens is 2. The van der Waals surface area contributed by atoms with Crippen molar-refractivity contribution in [2.24, 2.45) is 0 Å². The fourth-order valence-corrected chi connectivity index (χ4v) is 2.49. The van der Waals surface area contributed by atoms with Gasteiger partial charge in [0.05, 0.1) is 11.5 Å². The van der Waals surface area contributed by atoms with Gasteiger partial charge < -0.3 is 14.8 Å². The molecular weight excluding hydrogens is 278 g/mol. The zero-order chi connectivity index (χ0) is 15.5. The lowest BCUT2D eigenvalue weighted by Crippen LogP contribution is -2.09. The van der Waals surface area contributed by atoms with Crippen LogP contribution in [0.25, 0.3) is 11.1 Å². The second-order valence-corrected chi connectivity index (χ2v) is 5.33.